The zero-order chi connectivity index (χ0) is 8.10. The van der Waals surface area contributed by atoms with E-state index >= 15 is 0 Å². The van der Waals surface area contributed by atoms with E-state index in [-0.39, 0.29) is 12.6 Å². The highest BCUT2D eigenvalue weighted by Crippen LogP contribution is 2.25. The smallest absolute Gasteiger partial charge is 0.0459 e. The predicted octanol–water partition coefficient (Wildman–Crippen LogP) is 1.85. The van der Waals surface area contributed by atoms with Gasteiger partial charge in [-0.1, -0.05) is 5.11 Å². The van der Waals surface area contributed by atoms with Crippen molar-refractivity contribution in [3.63, 3.8) is 0 Å². The fraction of sp³-hybridized carbons (Fsp3) is 1.00. The quantitative estimate of drug-likeness (QED) is 0.369. The molecule has 0 aromatic carbocycles. The summed E-state index contributed by atoms with van der Waals surface area (Å²) in [4.78, 5) is 2.77. The van der Waals surface area contributed by atoms with Crippen LogP contribution in [0.4, 0.5) is 0 Å². The van der Waals surface area contributed by atoms with Crippen molar-refractivity contribution in [3.8, 4) is 0 Å². The molecule has 1 rings (SSSR count). The molecule has 0 aromatic heterocycles. The fourth-order valence-corrected chi connectivity index (χ4v) is 1.52. The number of rotatable bonds is 2. The van der Waals surface area contributed by atoms with Gasteiger partial charge in [0, 0.05) is 17.6 Å². The average Bonchev–Trinajstić information content (AvgIpc) is 2.07. The zero-order valence-electron chi connectivity index (χ0n) is 6.48. The van der Waals surface area contributed by atoms with Crippen LogP contribution in [-0.2, 0) is 0 Å². The third kappa shape index (κ3) is 2.41. The molecule has 4 nitrogen and oxygen atoms in total. The Morgan fingerprint density at radius 1 is 1.36 bits per heavy atom. The molecular weight excluding hydrogens is 142 g/mol. The maximum atomic E-state index is 8.80. The van der Waals surface area contributed by atoms with Gasteiger partial charge < -0.3 is 5.11 Å². The summed E-state index contributed by atoms with van der Waals surface area (Å²) in [6.45, 7) is 0.281. The minimum absolute atomic E-state index is 0.183. The number of hydrogen-bond acceptors (Lipinski definition) is 2. The van der Waals surface area contributed by atoms with Crippen LogP contribution in [0, 0.1) is 5.92 Å². The minimum atomic E-state index is 0.183. The summed E-state index contributed by atoms with van der Waals surface area (Å²) in [5.74, 6) is 0.445. The molecule has 1 fully saturated rings. The second-order valence-corrected chi connectivity index (χ2v) is 3.06. The molecule has 0 unspecified atom stereocenters. The second kappa shape index (κ2) is 4.21. The van der Waals surface area contributed by atoms with Crippen LogP contribution in [-0.4, -0.2) is 17.8 Å². The lowest BCUT2D eigenvalue weighted by molar-refractivity contribution is 0.183. The molecular formula is C7H13N3O. The molecule has 0 spiro atoms. The first-order valence-corrected chi connectivity index (χ1v) is 4.02. The molecule has 0 radical (unpaired) electrons. The number of azide groups is 1. The van der Waals surface area contributed by atoms with Crippen molar-refractivity contribution in [2.45, 2.75) is 31.7 Å². The molecule has 0 atom stereocenters. The van der Waals surface area contributed by atoms with Gasteiger partial charge in [-0.15, -0.1) is 0 Å². The minimum Gasteiger partial charge on any atom is -0.396 e. The number of aliphatic hydroxyl groups is 1. The second-order valence-electron chi connectivity index (χ2n) is 3.06. The van der Waals surface area contributed by atoms with Crippen molar-refractivity contribution < 1.29 is 5.11 Å². The van der Waals surface area contributed by atoms with Crippen LogP contribution in [0.2, 0.25) is 0 Å². The Kier molecular flexibility index (Phi) is 3.20. The highest BCUT2D eigenvalue weighted by molar-refractivity contribution is 4.76. The van der Waals surface area contributed by atoms with E-state index in [1.165, 1.54) is 0 Å². The molecule has 0 bridgehead atoms. The molecule has 0 aliphatic heterocycles. The van der Waals surface area contributed by atoms with Crippen LogP contribution in [0.1, 0.15) is 25.7 Å². The molecule has 11 heavy (non-hydrogen) atoms. The van der Waals surface area contributed by atoms with Crippen molar-refractivity contribution in [2.24, 2.45) is 11.0 Å². The van der Waals surface area contributed by atoms with Gasteiger partial charge in [0.1, 0.15) is 0 Å². The van der Waals surface area contributed by atoms with E-state index in [1.807, 2.05) is 0 Å². The van der Waals surface area contributed by atoms with Gasteiger partial charge in [-0.05, 0) is 37.1 Å². The van der Waals surface area contributed by atoms with Crippen molar-refractivity contribution in [2.75, 3.05) is 6.61 Å². The Morgan fingerprint density at radius 2 is 2.00 bits per heavy atom. The number of aliphatic hydroxyl groups excluding tert-OH is 1. The van der Waals surface area contributed by atoms with Crippen LogP contribution in [0.3, 0.4) is 0 Å². The summed E-state index contributed by atoms with van der Waals surface area (Å²) in [5, 5.41) is 12.5. The van der Waals surface area contributed by atoms with Gasteiger partial charge in [0.2, 0.25) is 0 Å². The maximum Gasteiger partial charge on any atom is 0.0459 e. The fourth-order valence-electron chi connectivity index (χ4n) is 1.52. The van der Waals surface area contributed by atoms with Crippen LogP contribution in [0.5, 0.6) is 0 Å². The molecule has 0 amide bonds. The van der Waals surface area contributed by atoms with Gasteiger partial charge in [-0.2, -0.15) is 0 Å². The highest BCUT2D eigenvalue weighted by Gasteiger charge is 2.18. The van der Waals surface area contributed by atoms with Gasteiger partial charge in [-0.25, -0.2) is 0 Å². The average molecular weight is 155 g/mol. The van der Waals surface area contributed by atoms with Crippen LogP contribution < -0.4 is 0 Å². The summed E-state index contributed by atoms with van der Waals surface area (Å²) < 4.78 is 0. The van der Waals surface area contributed by atoms with E-state index in [2.05, 4.69) is 10.0 Å². The van der Waals surface area contributed by atoms with Crippen molar-refractivity contribution in [3.05, 3.63) is 10.4 Å². The van der Waals surface area contributed by atoms with Gasteiger partial charge in [0.15, 0.2) is 0 Å². The van der Waals surface area contributed by atoms with E-state index in [0.717, 1.165) is 25.7 Å². The third-order valence-electron chi connectivity index (χ3n) is 2.29. The van der Waals surface area contributed by atoms with Crippen molar-refractivity contribution in [1.29, 1.82) is 0 Å². The van der Waals surface area contributed by atoms with Crippen LogP contribution in [0.15, 0.2) is 5.11 Å². The first-order valence-electron chi connectivity index (χ1n) is 4.02. The van der Waals surface area contributed by atoms with Crippen LogP contribution >= 0.6 is 0 Å². The largest absolute Gasteiger partial charge is 0.396 e. The first kappa shape index (κ1) is 8.37. The first-order chi connectivity index (χ1) is 5.36. The Labute approximate surface area is 65.9 Å². The van der Waals surface area contributed by atoms with Gasteiger partial charge >= 0.3 is 0 Å². The normalized spacial score (nSPS) is 31.0. The Morgan fingerprint density at radius 3 is 2.45 bits per heavy atom. The summed E-state index contributed by atoms with van der Waals surface area (Å²) in [6, 6.07) is 0.183. The number of nitrogens with zero attached hydrogens (tertiary/aromatic N) is 3. The van der Waals surface area contributed by atoms with Crippen LogP contribution in [0.25, 0.3) is 10.4 Å². The molecule has 62 valence electrons. The summed E-state index contributed by atoms with van der Waals surface area (Å²) >= 11 is 0. The Balaban J connectivity index is 2.29. The molecule has 0 aromatic rings. The summed E-state index contributed by atoms with van der Waals surface area (Å²) in [6.07, 6.45) is 3.88. The zero-order valence-corrected chi connectivity index (χ0v) is 6.48. The molecule has 1 N–H and O–H groups in total. The maximum absolute atomic E-state index is 8.80. The van der Waals surface area contributed by atoms with Crippen molar-refractivity contribution >= 4 is 0 Å². The molecule has 1 aliphatic rings. The van der Waals surface area contributed by atoms with Gasteiger partial charge in [-0.3, -0.25) is 0 Å². The Bertz CT molecular complexity index is 157. The van der Waals surface area contributed by atoms with Gasteiger partial charge in [0.25, 0.3) is 0 Å². The SMILES string of the molecule is [N-]=[N+]=NC1CCC(CO)CC1. The number of hydrogen-bond donors (Lipinski definition) is 1. The summed E-state index contributed by atoms with van der Waals surface area (Å²) in [5.41, 5.74) is 8.15. The summed E-state index contributed by atoms with van der Waals surface area (Å²) in [7, 11) is 0. The lowest BCUT2D eigenvalue weighted by Crippen LogP contribution is -2.18. The molecule has 0 heterocycles. The highest BCUT2D eigenvalue weighted by atomic mass is 16.3. The Hall–Kier alpha value is -0.730. The standard InChI is InChI=1S/C7H13N3O/c8-10-9-7-3-1-6(5-11)2-4-7/h6-7,11H,1-5H2. The van der Waals surface area contributed by atoms with Gasteiger partial charge in [0.05, 0.1) is 0 Å². The lowest BCUT2D eigenvalue weighted by atomic mass is 9.87. The molecule has 1 aliphatic carbocycles. The monoisotopic (exact) mass is 155 g/mol. The molecule has 4 heteroatoms. The third-order valence-corrected chi connectivity index (χ3v) is 2.29. The van der Waals surface area contributed by atoms with E-state index in [4.69, 9.17) is 10.6 Å². The lowest BCUT2D eigenvalue weighted by Gasteiger charge is -2.23. The van der Waals surface area contributed by atoms with Crippen molar-refractivity contribution in [1.82, 2.24) is 0 Å². The van der Waals surface area contributed by atoms with E-state index in [9.17, 15) is 0 Å². The molecule has 1 saturated carbocycles. The topological polar surface area (TPSA) is 69.0 Å². The van der Waals surface area contributed by atoms with E-state index < -0.39 is 0 Å². The van der Waals surface area contributed by atoms with E-state index in [1.54, 1.807) is 0 Å². The molecule has 0 saturated heterocycles. The predicted molar refractivity (Wildman–Crippen MR) is 42.0 cm³/mol. The van der Waals surface area contributed by atoms with E-state index in [0.29, 0.717) is 5.92 Å².